The van der Waals surface area contributed by atoms with Gasteiger partial charge in [0.1, 0.15) is 0 Å². The van der Waals surface area contributed by atoms with Crippen molar-refractivity contribution in [2.24, 2.45) is 0 Å². The summed E-state index contributed by atoms with van der Waals surface area (Å²) < 4.78 is 4.38. The Labute approximate surface area is 254 Å². The molecule has 3 aromatic heterocycles. The van der Waals surface area contributed by atoms with Crippen LogP contribution in [0.25, 0.3) is 73.2 Å². The topological polar surface area (TPSA) is 48.5 Å². The van der Waals surface area contributed by atoms with E-state index < -0.39 is 0 Å². The Bertz CT molecular complexity index is 2320. The zero-order valence-corrected chi connectivity index (χ0v) is 23.9. The Morgan fingerprint density at radius 1 is 0.455 bits per heavy atom. The summed E-state index contributed by atoms with van der Waals surface area (Å²) in [5.74, 6) is 1.85. The smallest absolute Gasteiger partial charge is 0.240 e. The van der Waals surface area contributed by atoms with E-state index >= 15 is 0 Å². The molecule has 9 rings (SSSR count). The molecule has 0 saturated carbocycles. The zero-order valence-electron chi connectivity index (χ0n) is 23.9. The van der Waals surface area contributed by atoms with E-state index in [9.17, 15) is 0 Å². The number of aryl methyl sites for hydroxylation is 1. The number of hydrogen-bond donors (Lipinski definition) is 0. The lowest BCUT2D eigenvalue weighted by Crippen LogP contribution is -2.11. The Hall–Kier alpha value is -5.81. The zero-order chi connectivity index (χ0) is 29.0. The van der Waals surface area contributed by atoms with Crippen LogP contribution in [0.1, 0.15) is 17.7 Å². The molecule has 0 saturated heterocycles. The molecule has 0 unspecified atom stereocenters. The molecule has 0 radical (unpaired) electrons. The fourth-order valence-electron chi connectivity index (χ4n) is 6.67. The average Bonchev–Trinajstić information content (AvgIpc) is 3.62. The van der Waals surface area contributed by atoms with Gasteiger partial charge in [-0.15, -0.1) is 0 Å². The van der Waals surface area contributed by atoms with Crippen molar-refractivity contribution in [2.45, 2.75) is 12.8 Å². The van der Waals surface area contributed by atoms with Crippen molar-refractivity contribution >= 4 is 38.8 Å². The molecule has 1 aliphatic carbocycles. The van der Waals surface area contributed by atoms with Gasteiger partial charge < -0.3 is 0 Å². The third-order valence-electron chi connectivity index (χ3n) is 8.70. The highest BCUT2D eigenvalue weighted by Gasteiger charge is 2.22. The van der Waals surface area contributed by atoms with Gasteiger partial charge in [0.05, 0.1) is 22.2 Å². The van der Waals surface area contributed by atoms with Crippen LogP contribution in [0.15, 0.2) is 133 Å². The summed E-state index contributed by atoms with van der Waals surface area (Å²) in [7, 11) is 0. The molecule has 208 valence electrons. The van der Waals surface area contributed by atoms with Gasteiger partial charge in [0, 0.05) is 21.7 Å². The summed E-state index contributed by atoms with van der Waals surface area (Å²) in [5.41, 5.74) is 8.99. The SMILES string of the molecule is C1=Cc2c(c3ccccc3n2-c2nc(-c3ccc(-c4ccccc4)cc3)nc(-n3c4ccccc4c4ccccc43)n2)CC1. The fraction of sp³-hybridized carbons (Fsp3) is 0.0513. The predicted molar refractivity (Wildman–Crippen MR) is 179 cm³/mol. The first-order valence-electron chi connectivity index (χ1n) is 15.0. The van der Waals surface area contributed by atoms with Gasteiger partial charge in [0.25, 0.3) is 0 Å². The van der Waals surface area contributed by atoms with E-state index in [1.54, 1.807) is 0 Å². The van der Waals surface area contributed by atoms with E-state index in [0.29, 0.717) is 17.7 Å². The third-order valence-corrected chi connectivity index (χ3v) is 8.70. The van der Waals surface area contributed by atoms with Crippen LogP contribution >= 0.6 is 0 Å². The number of benzene rings is 5. The predicted octanol–water partition coefficient (Wildman–Crippen LogP) is 9.21. The maximum Gasteiger partial charge on any atom is 0.240 e. The minimum Gasteiger partial charge on any atom is -0.278 e. The van der Waals surface area contributed by atoms with E-state index in [1.807, 2.05) is 6.07 Å². The average molecular weight is 566 g/mol. The Morgan fingerprint density at radius 2 is 0.977 bits per heavy atom. The Morgan fingerprint density at radius 3 is 1.66 bits per heavy atom. The van der Waals surface area contributed by atoms with Crippen molar-refractivity contribution in [1.29, 1.82) is 0 Å². The molecular formula is C39H27N5. The summed E-state index contributed by atoms with van der Waals surface area (Å²) in [5, 5.41) is 3.59. The summed E-state index contributed by atoms with van der Waals surface area (Å²) in [4.78, 5) is 15.6. The second-order valence-electron chi connectivity index (χ2n) is 11.2. The van der Waals surface area contributed by atoms with Crippen molar-refractivity contribution in [2.75, 3.05) is 0 Å². The van der Waals surface area contributed by atoms with Gasteiger partial charge in [-0.3, -0.25) is 9.13 Å². The number of nitrogens with zero attached hydrogens (tertiary/aromatic N) is 5. The lowest BCUT2D eigenvalue weighted by atomic mass is 10.0. The Kier molecular flexibility index (Phi) is 5.56. The van der Waals surface area contributed by atoms with E-state index in [-0.39, 0.29) is 0 Å². The molecule has 5 heteroatoms. The van der Waals surface area contributed by atoms with E-state index in [2.05, 4.69) is 143 Å². The molecular weight excluding hydrogens is 538 g/mol. The van der Waals surface area contributed by atoms with Crippen molar-refractivity contribution in [1.82, 2.24) is 24.1 Å². The molecule has 0 N–H and O–H groups in total. The molecule has 1 aliphatic rings. The molecule has 0 atom stereocenters. The number of rotatable bonds is 4. The normalized spacial score (nSPS) is 12.7. The second-order valence-corrected chi connectivity index (χ2v) is 11.2. The molecule has 0 fully saturated rings. The molecule has 0 amide bonds. The van der Waals surface area contributed by atoms with Crippen LogP contribution < -0.4 is 0 Å². The third kappa shape index (κ3) is 3.83. The quantitative estimate of drug-likeness (QED) is 0.214. The number of fused-ring (bicyclic) bond motifs is 6. The summed E-state index contributed by atoms with van der Waals surface area (Å²) in [6.45, 7) is 0. The molecule has 44 heavy (non-hydrogen) atoms. The van der Waals surface area contributed by atoms with Crippen LogP contribution in [-0.2, 0) is 6.42 Å². The molecule has 5 aromatic carbocycles. The molecule has 0 spiro atoms. The largest absolute Gasteiger partial charge is 0.278 e. The van der Waals surface area contributed by atoms with Gasteiger partial charge >= 0.3 is 0 Å². The van der Waals surface area contributed by atoms with Crippen LogP contribution in [0.3, 0.4) is 0 Å². The number of aromatic nitrogens is 5. The summed E-state index contributed by atoms with van der Waals surface area (Å²) in [6.07, 6.45) is 6.49. The van der Waals surface area contributed by atoms with Crippen LogP contribution in [-0.4, -0.2) is 24.1 Å². The lowest BCUT2D eigenvalue weighted by Gasteiger charge is -2.14. The van der Waals surface area contributed by atoms with Gasteiger partial charge in [-0.05, 0) is 53.8 Å². The van der Waals surface area contributed by atoms with Crippen LogP contribution in [0.4, 0.5) is 0 Å². The molecule has 8 aromatic rings. The summed E-state index contributed by atoms with van der Waals surface area (Å²) in [6, 6.07) is 44.5. The number of hydrogen-bond acceptors (Lipinski definition) is 3. The standard InChI is InChI=1S/C39H27N5/c1-2-12-26(13-3-1)27-22-24-28(25-23-27)37-40-38(43-33-18-8-4-14-29(33)30-15-5-9-19-34(30)43)42-39(41-37)44-35-20-10-6-16-31(35)32-17-7-11-21-36(32)44/h1-6,8-16,18-25H,7,17H2. The maximum absolute atomic E-state index is 5.24. The van der Waals surface area contributed by atoms with Gasteiger partial charge in [-0.25, -0.2) is 0 Å². The van der Waals surface area contributed by atoms with Crippen LogP contribution in [0, 0.1) is 0 Å². The van der Waals surface area contributed by atoms with Crippen LogP contribution in [0.2, 0.25) is 0 Å². The highest BCUT2D eigenvalue weighted by atomic mass is 15.3. The highest BCUT2D eigenvalue weighted by Crippen LogP contribution is 2.35. The van der Waals surface area contributed by atoms with Gasteiger partial charge in [0.2, 0.25) is 11.9 Å². The van der Waals surface area contributed by atoms with E-state index in [4.69, 9.17) is 15.0 Å². The minimum absolute atomic E-state index is 0.598. The molecule has 3 heterocycles. The van der Waals surface area contributed by atoms with Gasteiger partial charge in [0.15, 0.2) is 5.82 Å². The Balaban J connectivity index is 1.33. The van der Waals surface area contributed by atoms with Crippen LogP contribution in [0.5, 0.6) is 0 Å². The van der Waals surface area contributed by atoms with Crippen molar-refractivity contribution in [3.8, 4) is 34.4 Å². The first-order valence-corrected chi connectivity index (χ1v) is 15.0. The fourth-order valence-corrected chi connectivity index (χ4v) is 6.67. The van der Waals surface area contributed by atoms with Crippen molar-refractivity contribution in [3.63, 3.8) is 0 Å². The van der Waals surface area contributed by atoms with E-state index in [0.717, 1.165) is 46.2 Å². The van der Waals surface area contributed by atoms with Crippen molar-refractivity contribution < 1.29 is 0 Å². The number of para-hydroxylation sites is 3. The first-order chi connectivity index (χ1) is 21.8. The molecule has 0 bridgehead atoms. The lowest BCUT2D eigenvalue weighted by molar-refractivity contribution is 0.867. The van der Waals surface area contributed by atoms with Gasteiger partial charge in [-0.2, -0.15) is 15.0 Å². The highest BCUT2D eigenvalue weighted by molar-refractivity contribution is 6.09. The first kappa shape index (κ1) is 24.8. The second kappa shape index (κ2) is 9.89. The van der Waals surface area contributed by atoms with Gasteiger partial charge in [-0.1, -0.05) is 115 Å². The minimum atomic E-state index is 0.598. The summed E-state index contributed by atoms with van der Waals surface area (Å²) >= 11 is 0. The van der Waals surface area contributed by atoms with Crippen molar-refractivity contribution in [3.05, 3.63) is 145 Å². The maximum atomic E-state index is 5.24. The monoisotopic (exact) mass is 565 g/mol. The molecule has 0 aliphatic heterocycles. The molecule has 5 nitrogen and oxygen atoms in total. The number of allylic oxidation sites excluding steroid dienone is 1. The van der Waals surface area contributed by atoms with E-state index in [1.165, 1.54) is 27.3 Å².